The Morgan fingerprint density at radius 3 is 2.72 bits per heavy atom. The molecule has 1 aliphatic heterocycles. The lowest BCUT2D eigenvalue weighted by molar-refractivity contribution is -0.0158. The van der Waals surface area contributed by atoms with E-state index >= 15 is 0 Å². The third-order valence-electron chi connectivity index (χ3n) is 5.24. The molecule has 0 saturated carbocycles. The normalized spacial score (nSPS) is 26.4. The first-order valence-corrected chi connectivity index (χ1v) is 9.81. The van der Waals surface area contributed by atoms with Crippen LogP contribution in [0.25, 0.3) is 0 Å². The smallest absolute Gasteiger partial charge is 0.0699 e. The summed E-state index contributed by atoms with van der Waals surface area (Å²) >= 11 is 12.3. The van der Waals surface area contributed by atoms with Gasteiger partial charge >= 0.3 is 0 Å². The molecule has 1 heterocycles. The molecule has 1 saturated heterocycles. The number of piperidine rings is 1. The average molecular weight is 389 g/mol. The predicted molar refractivity (Wildman–Crippen MR) is 105 cm³/mol. The van der Waals surface area contributed by atoms with Crippen LogP contribution >= 0.6 is 23.2 Å². The van der Waals surface area contributed by atoms with Crippen LogP contribution in [0.1, 0.15) is 37.7 Å². The molecule has 5 atom stereocenters. The minimum absolute atomic E-state index is 0.0541. The third kappa shape index (κ3) is 5.31. The van der Waals surface area contributed by atoms with E-state index in [4.69, 9.17) is 27.9 Å². The number of aliphatic hydroxyl groups is 1. The Hall–Kier alpha value is -0.360. The van der Waals surface area contributed by atoms with E-state index in [1.807, 2.05) is 19.2 Å². The average Bonchev–Trinajstić information content (AvgIpc) is 2.62. The highest BCUT2D eigenvalue weighted by molar-refractivity contribution is 6.42. The van der Waals surface area contributed by atoms with Crippen molar-refractivity contribution in [2.45, 2.75) is 50.4 Å². The van der Waals surface area contributed by atoms with Gasteiger partial charge in [0.2, 0.25) is 0 Å². The second-order valence-corrected chi connectivity index (χ2v) is 7.70. The van der Waals surface area contributed by atoms with Gasteiger partial charge in [0.05, 0.1) is 22.3 Å². The zero-order chi connectivity index (χ0) is 18.4. The van der Waals surface area contributed by atoms with Crippen LogP contribution in [0.15, 0.2) is 18.2 Å². The third-order valence-corrected chi connectivity index (χ3v) is 5.98. The summed E-state index contributed by atoms with van der Waals surface area (Å²) in [6.07, 6.45) is 2.63. The van der Waals surface area contributed by atoms with Gasteiger partial charge in [-0.15, -0.1) is 0 Å². The van der Waals surface area contributed by atoms with E-state index in [1.54, 1.807) is 13.2 Å². The van der Waals surface area contributed by atoms with Crippen molar-refractivity contribution in [3.05, 3.63) is 33.8 Å². The van der Waals surface area contributed by atoms with Crippen LogP contribution in [0.5, 0.6) is 0 Å². The molecular weight excluding hydrogens is 359 g/mol. The molecule has 0 spiro atoms. The fraction of sp³-hybridized carbons (Fsp3) is 0.684. The Balaban J connectivity index is 2.26. The van der Waals surface area contributed by atoms with E-state index < -0.39 is 6.10 Å². The first-order chi connectivity index (χ1) is 12.0. The van der Waals surface area contributed by atoms with Gasteiger partial charge in [-0.05, 0) is 37.6 Å². The molecule has 142 valence electrons. The number of aliphatic hydroxyl groups excluding tert-OH is 1. The number of hydrogen-bond acceptors (Lipinski definition) is 4. The van der Waals surface area contributed by atoms with Crippen molar-refractivity contribution in [3.8, 4) is 0 Å². The van der Waals surface area contributed by atoms with Gasteiger partial charge in [0, 0.05) is 38.1 Å². The van der Waals surface area contributed by atoms with Gasteiger partial charge < -0.3 is 20.5 Å². The van der Waals surface area contributed by atoms with Crippen molar-refractivity contribution < 1.29 is 9.84 Å². The summed E-state index contributed by atoms with van der Waals surface area (Å²) in [4.78, 5) is 0. The van der Waals surface area contributed by atoms with Gasteiger partial charge in [0.15, 0.2) is 0 Å². The maximum absolute atomic E-state index is 11.3. The Bertz CT molecular complexity index is 544. The van der Waals surface area contributed by atoms with E-state index in [0.29, 0.717) is 22.6 Å². The number of hydrogen-bond donors (Lipinski definition) is 3. The maximum Gasteiger partial charge on any atom is 0.0699 e. The topological polar surface area (TPSA) is 53.5 Å². The van der Waals surface area contributed by atoms with Gasteiger partial charge in [-0.2, -0.15) is 0 Å². The largest absolute Gasteiger partial charge is 0.392 e. The summed E-state index contributed by atoms with van der Waals surface area (Å²) in [7, 11) is 3.64. The molecule has 0 radical (unpaired) electrons. The highest BCUT2D eigenvalue weighted by Crippen LogP contribution is 2.34. The molecule has 25 heavy (non-hydrogen) atoms. The van der Waals surface area contributed by atoms with Crippen LogP contribution in [0, 0.1) is 5.92 Å². The number of methoxy groups -OCH3 is 1. The number of benzene rings is 1. The van der Waals surface area contributed by atoms with E-state index in [9.17, 15) is 5.11 Å². The van der Waals surface area contributed by atoms with Gasteiger partial charge in [0.1, 0.15) is 0 Å². The highest BCUT2D eigenvalue weighted by atomic mass is 35.5. The molecule has 0 aromatic heterocycles. The lowest BCUT2D eigenvalue weighted by Crippen LogP contribution is -2.53. The summed E-state index contributed by atoms with van der Waals surface area (Å²) < 4.78 is 5.55. The van der Waals surface area contributed by atoms with Gasteiger partial charge in [-0.1, -0.05) is 42.6 Å². The molecule has 0 amide bonds. The van der Waals surface area contributed by atoms with Crippen molar-refractivity contribution in [2.75, 3.05) is 27.2 Å². The molecule has 1 aromatic carbocycles. The summed E-state index contributed by atoms with van der Waals surface area (Å²) in [5.74, 6) is 0.0768. The Kier molecular flexibility index (Phi) is 8.46. The molecular formula is C19H30Cl2N2O2. The van der Waals surface area contributed by atoms with Gasteiger partial charge in [0.25, 0.3) is 0 Å². The zero-order valence-electron chi connectivity index (χ0n) is 15.3. The van der Waals surface area contributed by atoms with Crippen LogP contribution in [0.4, 0.5) is 0 Å². The van der Waals surface area contributed by atoms with E-state index in [-0.39, 0.29) is 17.9 Å². The molecule has 3 N–H and O–H groups in total. The quantitative estimate of drug-likeness (QED) is 0.638. The summed E-state index contributed by atoms with van der Waals surface area (Å²) in [5, 5.41) is 19.1. The minimum atomic E-state index is -0.494. The number of halogens is 2. The number of nitrogens with one attached hydrogen (secondary N) is 2. The second kappa shape index (κ2) is 10.1. The Labute approximate surface area is 161 Å². The summed E-state index contributed by atoms with van der Waals surface area (Å²) in [6.45, 7) is 3.69. The second-order valence-electron chi connectivity index (χ2n) is 6.89. The molecule has 4 nitrogen and oxygen atoms in total. The van der Waals surface area contributed by atoms with Crippen molar-refractivity contribution in [1.29, 1.82) is 0 Å². The zero-order valence-corrected chi connectivity index (χ0v) is 16.8. The van der Waals surface area contributed by atoms with E-state index in [1.165, 1.54) is 0 Å². The molecule has 0 aliphatic carbocycles. The maximum atomic E-state index is 11.3. The molecule has 6 heteroatoms. The summed E-state index contributed by atoms with van der Waals surface area (Å²) in [5.41, 5.74) is 1.01. The monoisotopic (exact) mass is 388 g/mol. The van der Waals surface area contributed by atoms with Crippen LogP contribution in [-0.4, -0.2) is 50.6 Å². The molecule has 1 aliphatic rings. The van der Waals surface area contributed by atoms with Crippen LogP contribution in [0.3, 0.4) is 0 Å². The fourth-order valence-electron chi connectivity index (χ4n) is 3.87. The van der Waals surface area contributed by atoms with Crippen LogP contribution in [-0.2, 0) is 4.74 Å². The first-order valence-electron chi connectivity index (χ1n) is 9.05. The summed E-state index contributed by atoms with van der Waals surface area (Å²) in [6, 6.07) is 5.93. The van der Waals surface area contributed by atoms with E-state index in [0.717, 1.165) is 31.4 Å². The SMILES string of the molecule is CCCC1NCC(OC)CC1[C@H](O)C(CNC)c1ccc(Cl)c(Cl)c1. The molecule has 2 rings (SSSR count). The Morgan fingerprint density at radius 2 is 2.12 bits per heavy atom. The fourth-order valence-corrected chi connectivity index (χ4v) is 4.17. The van der Waals surface area contributed by atoms with Crippen LogP contribution < -0.4 is 10.6 Å². The number of rotatable bonds is 8. The minimum Gasteiger partial charge on any atom is -0.392 e. The molecule has 4 unspecified atom stereocenters. The predicted octanol–water partition coefficient (Wildman–Crippen LogP) is 3.45. The van der Waals surface area contributed by atoms with E-state index in [2.05, 4.69) is 17.6 Å². The standard InChI is InChI=1S/C19H30Cl2N2O2/c1-4-5-18-14(9-13(25-3)10-23-18)19(24)15(11-22-2)12-6-7-16(20)17(21)8-12/h6-8,13-15,18-19,22-24H,4-5,9-11H2,1-3H3/t13?,14?,15?,18?,19-/m0/s1. The van der Waals surface area contributed by atoms with Gasteiger partial charge in [-0.3, -0.25) is 0 Å². The molecule has 1 fully saturated rings. The number of likely N-dealkylation sites (N-methyl/N-ethyl adjacent to an activating group) is 1. The van der Waals surface area contributed by atoms with Gasteiger partial charge in [-0.25, -0.2) is 0 Å². The lowest BCUT2D eigenvalue weighted by atomic mass is 9.76. The highest BCUT2D eigenvalue weighted by Gasteiger charge is 2.38. The first kappa shape index (κ1) is 20.9. The molecule has 1 aromatic rings. The van der Waals surface area contributed by atoms with Crippen LogP contribution in [0.2, 0.25) is 10.0 Å². The Morgan fingerprint density at radius 1 is 1.36 bits per heavy atom. The van der Waals surface area contributed by atoms with Crippen molar-refractivity contribution in [1.82, 2.24) is 10.6 Å². The number of ether oxygens (including phenoxy) is 1. The van der Waals surface area contributed by atoms with Crippen molar-refractivity contribution in [3.63, 3.8) is 0 Å². The molecule has 0 bridgehead atoms. The lowest BCUT2D eigenvalue weighted by Gasteiger charge is -2.41. The van der Waals surface area contributed by atoms with Crippen molar-refractivity contribution >= 4 is 23.2 Å². The van der Waals surface area contributed by atoms with Crippen molar-refractivity contribution in [2.24, 2.45) is 5.92 Å².